The molecule has 1 heterocycles. The lowest BCUT2D eigenvalue weighted by molar-refractivity contribution is 0.0981. The summed E-state index contributed by atoms with van der Waals surface area (Å²) in [5, 5.41) is 0.0891. The van der Waals surface area contributed by atoms with Gasteiger partial charge in [-0.1, -0.05) is 25.4 Å². The molecular formula is C15H15ClN2O4S2. The second-order valence-electron chi connectivity index (χ2n) is 5.14. The largest absolute Gasteiger partial charge is 0.268 e. The van der Waals surface area contributed by atoms with Crippen molar-refractivity contribution < 1.29 is 17.4 Å². The summed E-state index contributed by atoms with van der Waals surface area (Å²) in [5.74, 6) is -0.795. The molecule has 1 unspecified atom stereocenters. The van der Waals surface area contributed by atoms with Gasteiger partial charge in [0.2, 0.25) is 0 Å². The average molecular weight is 387 g/mol. The van der Waals surface area contributed by atoms with Crippen LogP contribution in [0, 0.1) is 0 Å². The maximum atomic E-state index is 12.2. The summed E-state index contributed by atoms with van der Waals surface area (Å²) < 4.78 is 38.2. The van der Waals surface area contributed by atoms with Crippen molar-refractivity contribution in [3.05, 3.63) is 53.3 Å². The summed E-state index contributed by atoms with van der Waals surface area (Å²) in [7, 11) is -5.26. The van der Waals surface area contributed by atoms with E-state index in [1.54, 1.807) is 12.1 Å². The van der Waals surface area contributed by atoms with E-state index >= 15 is 0 Å². The molecule has 0 bridgehead atoms. The van der Waals surface area contributed by atoms with Crippen LogP contribution in [-0.2, 0) is 20.8 Å². The number of amides is 1. The first-order valence-corrected chi connectivity index (χ1v) is 9.96. The van der Waals surface area contributed by atoms with E-state index in [0.717, 1.165) is 6.20 Å². The van der Waals surface area contributed by atoms with Gasteiger partial charge < -0.3 is 0 Å². The van der Waals surface area contributed by atoms with Crippen molar-refractivity contribution in [2.24, 2.45) is 0 Å². The Labute approximate surface area is 147 Å². The van der Waals surface area contributed by atoms with Crippen molar-refractivity contribution in [1.29, 1.82) is 0 Å². The fourth-order valence-corrected chi connectivity index (χ4v) is 3.94. The second-order valence-corrected chi connectivity index (χ2v) is 9.27. The van der Waals surface area contributed by atoms with Gasteiger partial charge in [-0.25, -0.2) is 13.1 Å². The van der Waals surface area contributed by atoms with Crippen LogP contribution in [0.4, 0.5) is 0 Å². The Bertz CT molecular complexity index is 881. The standard InChI is InChI=1S/C15H15ClN2O4S2/c1-10(2)23(20)13-5-3-11(4-6-13)15(19)18-24(21,22)14-7-12(16)8-17-9-14/h3-10H,1-2H3,(H,18,19). The van der Waals surface area contributed by atoms with Gasteiger partial charge in [0.25, 0.3) is 15.9 Å². The number of carbonyl (C=O) groups is 1. The Balaban J connectivity index is 2.19. The van der Waals surface area contributed by atoms with Crippen molar-refractivity contribution >= 4 is 38.3 Å². The quantitative estimate of drug-likeness (QED) is 0.851. The molecule has 0 saturated heterocycles. The number of aromatic nitrogens is 1. The van der Waals surface area contributed by atoms with Gasteiger partial charge in [-0.2, -0.15) is 0 Å². The van der Waals surface area contributed by atoms with Gasteiger partial charge >= 0.3 is 0 Å². The van der Waals surface area contributed by atoms with E-state index in [9.17, 15) is 17.4 Å². The Hall–Kier alpha value is -1.77. The Morgan fingerprint density at radius 3 is 2.38 bits per heavy atom. The SMILES string of the molecule is CC(C)S(=O)c1ccc(C(=O)NS(=O)(=O)c2cncc(Cl)c2)cc1. The molecule has 9 heteroatoms. The predicted octanol–water partition coefficient (Wildman–Crippen LogP) is 2.37. The molecule has 1 atom stereocenters. The van der Waals surface area contributed by atoms with Crippen LogP contribution in [0.5, 0.6) is 0 Å². The van der Waals surface area contributed by atoms with Crippen LogP contribution in [-0.4, -0.2) is 28.8 Å². The van der Waals surface area contributed by atoms with Gasteiger partial charge in [-0.3, -0.25) is 14.0 Å². The van der Waals surface area contributed by atoms with Gasteiger partial charge in [0, 0.05) is 28.1 Å². The van der Waals surface area contributed by atoms with Crippen LogP contribution >= 0.6 is 11.6 Å². The Morgan fingerprint density at radius 2 is 1.83 bits per heavy atom. The summed E-state index contributed by atoms with van der Waals surface area (Å²) in [4.78, 5) is 16.2. The zero-order chi connectivity index (χ0) is 17.9. The maximum Gasteiger partial charge on any atom is 0.265 e. The molecule has 1 N–H and O–H groups in total. The molecule has 6 nitrogen and oxygen atoms in total. The summed E-state index contributed by atoms with van der Waals surface area (Å²) in [6.07, 6.45) is 2.38. The summed E-state index contributed by atoms with van der Waals surface area (Å²) in [6, 6.07) is 7.13. The highest BCUT2D eigenvalue weighted by Crippen LogP contribution is 2.15. The van der Waals surface area contributed by atoms with Gasteiger partial charge in [0.1, 0.15) is 4.90 Å². The van der Waals surface area contributed by atoms with Crippen LogP contribution in [0.25, 0.3) is 0 Å². The number of pyridine rings is 1. The number of halogens is 1. The number of hydrogen-bond acceptors (Lipinski definition) is 5. The van der Waals surface area contributed by atoms with Gasteiger partial charge in [0.05, 0.1) is 15.8 Å². The van der Waals surface area contributed by atoms with E-state index in [1.165, 1.54) is 24.4 Å². The van der Waals surface area contributed by atoms with Crippen molar-refractivity contribution in [2.45, 2.75) is 28.9 Å². The van der Waals surface area contributed by atoms with Crippen molar-refractivity contribution in [2.75, 3.05) is 0 Å². The Morgan fingerprint density at radius 1 is 1.21 bits per heavy atom. The third kappa shape index (κ3) is 4.40. The summed E-state index contributed by atoms with van der Waals surface area (Å²) in [6.45, 7) is 3.64. The first kappa shape index (κ1) is 18.6. The summed E-state index contributed by atoms with van der Waals surface area (Å²) in [5.41, 5.74) is 0.137. The topological polar surface area (TPSA) is 93.2 Å². The first-order valence-electron chi connectivity index (χ1n) is 6.89. The maximum absolute atomic E-state index is 12.2. The average Bonchev–Trinajstić information content (AvgIpc) is 2.53. The number of hydrogen-bond donors (Lipinski definition) is 1. The predicted molar refractivity (Wildman–Crippen MR) is 91.9 cm³/mol. The second kappa shape index (κ2) is 7.42. The Kier molecular flexibility index (Phi) is 5.74. The first-order chi connectivity index (χ1) is 11.2. The third-order valence-electron chi connectivity index (χ3n) is 2.99. The molecule has 1 aromatic heterocycles. The fourth-order valence-electron chi connectivity index (χ4n) is 1.79. The van der Waals surface area contributed by atoms with E-state index in [-0.39, 0.29) is 20.7 Å². The lowest BCUT2D eigenvalue weighted by Gasteiger charge is -2.08. The fraction of sp³-hybridized carbons (Fsp3) is 0.200. The van der Waals surface area contributed by atoms with E-state index in [0.29, 0.717) is 4.90 Å². The molecule has 0 radical (unpaired) electrons. The van der Waals surface area contributed by atoms with Crippen molar-refractivity contribution in [3.63, 3.8) is 0 Å². The molecule has 0 fully saturated rings. The highest BCUT2D eigenvalue weighted by Gasteiger charge is 2.20. The van der Waals surface area contributed by atoms with Crippen LogP contribution in [0.3, 0.4) is 0 Å². The molecule has 0 spiro atoms. The number of benzene rings is 1. The third-order valence-corrected chi connectivity index (χ3v) is 6.09. The van der Waals surface area contributed by atoms with Gasteiger partial charge in [0.15, 0.2) is 0 Å². The van der Waals surface area contributed by atoms with Crippen molar-refractivity contribution in [1.82, 2.24) is 9.71 Å². The molecule has 1 aromatic carbocycles. The van der Waals surface area contributed by atoms with E-state index in [2.05, 4.69) is 4.98 Å². The number of nitrogens with one attached hydrogen (secondary N) is 1. The minimum Gasteiger partial charge on any atom is -0.268 e. The summed E-state index contributed by atoms with van der Waals surface area (Å²) >= 11 is 5.71. The molecule has 1 amide bonds. The zero-order valence-electron chi connectivity index (χ0n) is 12.9. The number of sulfonamides is 1. The normalized spacial score (nSPS) is 12.8. The smallest absolute Gasteiger partial charge is 0.265 e. The van der Waals surface area contributed by atoms with Crippen LogP contribution in [0.15, 0.2) is 52.5 Å². The van der Waals surface area contributed by atoms with Crippen LogP contribution < -0.4 is 4.72 Å². The van der Waals surface area contributed by atoms with Gasteiger partial charge in [-0.15, -0.1) is 0 Å². The molecule has 2 rings (SSSR count). The minimum atomic E-state index is -4.08. The van der Waals surface area contributed by atoms with Crippen LogP contribution in [0.2, 0.25) is 5.02 Å². The molecule has 2 aromatic rings. The zero-order valence-corrected chi connectivity index (χ0v) is 15.3. The van der Waals surface area contributed by atoms with E-state index in [1.807, 2.05) is 18.6 Å². The molecule has 0 aliphatic rings. The molecule has 0 aliphatic carbocycles. The highest BCUT2D eigenvalue weighted by molar-refractivity contribution is 7.90. The van der Waals surface area contributed by atoms with Crippen LogP contribution in [0.1, 0.15) is 24.2 Å². The molecule has 0 aliphatic heterocycles. The number of rotatable bonds is 5. The molecular weight excluding hydrogens is 372 g/mol. The van der Waals surface area contributed by atoms with E-state index < -0.39 is 26.7 Å². The van der Waals surface area contributed by atoms with E-state index in [4.69, 9.17) is 11.6 Å². The number of nitrogens with zero attached hydrogens (tertiary/aromatic N) is 1. The van der Waals surface area contributed by atoms with Gasteiger partial charge in [-0.05, 0) is 30.3 Å². The highest BCUT2D eigenvalue weighted by atomic mass is 35.5. The molecule has 128 valence electrons. The number of carbonyl (C=O) groups excluding carboxylic acids is 1. The van der Waals surface area contributed by atoms with Crippen molar-refractivity contribution in [3.8, 4) is 0 Å². The monoisotopic (exact) mass is 386 g/mol. The lowest BCUT2D eigenvalue weighted by Crippen LogP contribution is -2.30. The molecule has 0 saturated carbocycles. The molecule has 24 heavy (non-hydrogen) atoms. The minimum absolute atomic E-state index is 0.0552. The lowest BCUT2D eigenvalue weighted by atomic mass is 10.2.